The second-order valence-corrected chi connectivity index (χ2v) is 6.20. The molecule has 0 spiro atoms. The number of fused-ring (bicyclic) bond motifs is 1. The van der Waals surface area contributed by atoms with E-state index in [2.05, 4.69) is 18.3 Å². The SMILES string of the molecule is Cc1ccc2nc(-c3ccccc3C)c(NC(=O)C(C)C)n2c1. The molecule has 3 rings (SSSR count). The molecule has 3 aromatic rings. The number of carbonyl (C=O) groups excluding carboxylic acids is 1. The van der Waals surface area contributed by atoms with E-state index in [1.807, 2.05) is 61.7 Å². The number of rotatable bonds is 3. The Morgan fingerprint density at radius 2 is 1.87 bits per heavy atom. The Morgan fingerprint density at radius 3 is 2.57 bits per heavy atom. The lowest BCUT2D eigenvalue weighted by Gasteiger charge is -2.11. The van der Waals surface area contributed by atoms with Crippen molar-refractivity contribution in [1.29, 1.82) is 0 Å². The largest absolute Gasteiger partial charge is 0.310 e. The predicted molar refractivity (Wildman–Crippen MR) is 93.6 cm³/mol. The highest BCUT2D eigenvalue weighted by atomic mass is 16.1. The molecule has 0 aliphatic carbocycles. The molecule has 23 heavy (non-hydrogen) atoms. The number of hydrogen-bond acceptors (Lipinski definition) is 2. The van der Waals surface area contributed by atoms with Crippen LogP contribution in [0.25, 0.3) is 16.9 Å². The fourth-order valence-corrected chi connectivity index (χ4v) is 2.56. The lowest BCUT2D eigenvalue weighted by molar-refractivity contribution is -0.118. The first-order valence-electron chi connectivity index (χ1n) is 7.83. The van der Waals surface area contributed by atoms with E-state index < -0.39 is 0 Å². The molecule has 1 aromatic carbocycles. The van der Waals surface area contributed by atoms with Crippen molar-refractivity contribution >= 4 is 17.4 Å². The standard InChI is InChI=1S/C19H21N3O/c1-12(2)19(23)21-18-17(15-8-6-5-7-14(15)4)20-16-10-9-13(3)11-22(16)18/h5-12H,1-4H3,(H,21,23). The number of aromatic nitrogens is 2. The van der Waals surface area contributed by atoms with E-state index in [0.29, 0.717) is 0 Å². The van der Waals surface area contributed by atoms with Crippen LogP contribution in [0.3, 0.4) is 0 Å². The highest BCUT2D eigenvalue weighted by Crippen LogP contribution is 2.31. The minimum atomic E-state index is -0.0879. The van der Waals surface area contributed by atoms with E-state index in [9.17, 15) is 4.79 Å². The summed E-state index contributed by atoms with van der Waals surface area (Å²) in [6.45, 7) is 7.86. The Kier molecular flexibility index (Phi) is 3.90. The molecule has 0 aliphatic rings. The Balaban J connectivity index is 2.24. The van der Waals surface area contributed by atoms with Crippen molar-refractivity contribution in [2.75, 3.05) is 5.32 Å². The van der Waals surface area contributed by atoms with Crippen molar-refractivity contribution in [2.45, 2.75) is 27.7 Å². The zero-order chi connectivity index (χ0) is 16.6. The van der Waals surface area contributed by atoms with Gasteiger partial charge < -0.3 is 5.32 Å². The quantitative estimate of drug-likeness (QED) is 0.787. The Bertz CT molecular complexity index is 877. The molecular weight excluding hydrogens is 286 g/mol. The van der Waals surface area contributed by atoms with Crippen molar-refractivity contribution < 1.29 is 4.79 Å². The number of nitrogens with one attached hydrogen (secondary N) is 1. The fraction of sp³-hybridized carbons (Fsp3) is 0.263. The van der Waals surface area contributed by atoms with Crippen LogP contribution in [0.1, 0.15) is 25.0 Å². The van der Waals surface area contributed by atoms with Gasteiger partial charge in [0.2, 0.25) is 5.91 Å². The van der Waals surface area contributed by atoms with Crippen LogP contribution in [0.5, 0.6) is 0 Å². The Morgan fingerprint density at radius 1 is 1.13 bits per heavy atom. The molecule has 0 atom stereocenters. The zero-order valence-corrected chi connectivity index (χ0v) is 13.9. The van der Waals surface area contributed by atoms with E-state index in [1.165, 1.54) is 0 Å². The lowest BCUT2D eigenvalue weighted by Crippen LogP contribution is -2.19. The van der Waals surface area contributed by atoms with Gasteiger partial charge in [-0.1, -0.05) is 44.2 Å². The molecule has 0 fully saturated rings. The third-order valence-corrected chi connectivity index (χ3v) is 3.93. The summed E-state index contributed by atoms with van der Waals surface area (Å²) < 4.78 is 1.96. The number of benzene rings is 1. The van der Waals surface area contributed by atoms with Gasteiger partial charge in [-0.2, -0.15) is 0 Å². The van der Waals surface area contributed by atoms with Crippen LogP contribution in [0, 0.1) is 19.8 Å². The molecule has 2 heterocycles. The maximum Gasteiger partial charge on any atom is 0.228 e. The van der Waals surface area contributed by atoms with E-state index in [-0.39, 0.29) is 11.8 Å². The van der Waals surface area contributed by atoms with Gasteiger partial charge >= 0.3 is 0 Å². The van der Waals surface area contributed by atoms with Gasteiger partial charge in [0.1, 0.15) is 17.2 Å². The van der Waals surface area contributed by atoms with Crippen molar-refractivity contribution in [3.05, 3.63) is 53.7 Å². The minimum Gasteiger partial charge on any atom is -0.310 e. The van der Waals surface area contributed by atoms with Crippen LogP contribution in [0.15, 0.2) is 42.6 Å². The normalized spacial score (nSPS) is 11.2. The van der Waals surface area contributed by atoms with E-state index in [4.69, 9.17) is 4.98 Å². The zero-order valence-electron chi connectivity index (χ0n) is 13.9. The van der Waals surface area contributed by atoms with Crippen molar-refractivity contribution in [1.82, 2.24) is 9.38 Å². The second-order valence-electron chi connectivity index (χ2n) is 6.20. The summed E-state index contributed by atoms with van der Waals surface area (Å²) in [7, 11) is 0. The smallest absolute Gasteiger partial charge is 0.228 e. The number of nitrogens with zero attached hydrogens (tertiary/aromatic N) is 2. The molecule has 0 saturated heterocycles. The van der Waals surface area contributed by atoms with Gasteiger partial charge in [-0.3, -0.25) is 9.20 Å². The van der Waals surface area contributed by atoms with E-state index in [0.717, 1.165) is 33.8 Å². The molecule has 118 valence electrons. The number of amides is 1. The Hall–Kier alpha value is -2.62. The van der Waals surface area contributed by atoms with Crippen LogP contribution in [0.4, 0.5) is 5.82 Å². The topological polar surface area (TPSA) is 46.4 Å². The molecule has 0 bridgehead atoms. The van der Waals surface area contributed by atoms with Gasteiger partial charge in [0.15, 0.2) is 0 Å². The minimum absolute atomic E-state index is 0.0110. The number of hydrogen-bond donors (Lipinski definition) is 1. The molecule has 2 aromatic heterocycles. The fourth-order valence-electron chi connectivity index (χ4n) is 2.56. The molecular formula is C19H21N3O. The number of aryl methyl sites for hydroxylation is 2. The average molecular weight is 307 g/mol. The molecule has 1 N–H and O–H groups in total. The summed E-state index contributed by atoms with van der Waals surface area (Å²) in [5.74, 6) is 0.634. The highest BCUT2D eigenvalue weighted by molar-refractivity contribution is 5.95. The first-order valence-corrected chi connectivity index (χ1v) is 7.83. The average Bonchev–Trinajstić information content (AvgIpc) is 2.85. The molecule has 4 heteroatoms. The summed E-state index contributed by atoms with van der Waals surface area (Å²) in [6.07, 6.45) is 2.00. The second kappa shape index (κ2) is 5.88. The first-order chi connectivity index (χ1) is 11.0. The van der Waals surface area contributed by atoms with Crippen molar-refractivity contribution in [3.63, 3.8) is 0 Å². The molecule has 0 radical (unpaired) electrons. The van der Waals surface area contributed by atoms with Gasteiger partial charge in [0.25, 0.3) is 0 Å². The molecule has 0 saturated carbocycles. The summed E-state index contributed by atoms with van der Waals surface area (Å²) in [5.41, 5.74) is 4.92. The van der Waals surface area contributed by atoms with Gasteiger partial charge in [0.05, 0.1) is 0 Å². The number of imidazole rings is 1. The maximum absolute atomic E-state index is 12.3. The van der Waals surface area contributed by atoms with Crippen molar-refractivity contribution in [2.24, 2.45) is 5.92 Å². The molecule has 0 aliphatic heterocycles. The molecule has 4 nitrogen and oxygen atoms in total. The number of anilines is 1. The highest BCUT2D eigenvalue weighted by Gasteiger charge is 2.18. The third kappa shape index (κ3) is 2.84. The summed E-state index contributed by atoms with van der Waals surface area (Å²) in [4.78, 5) is 17.0. The Labute approximate surface area is 136 Å². The summed E-state index contributed by atoms with van der Waals surface area (Å²) >= 11 is 0. The van der Waals surface area contributed by atoms with Crippen LogP contribution in [-0.4, -0.2) is 15.3 Å². The van der Waals surface area contributed by atoms with Gasteiger partial charge in [0, 0.05) is 17.7 Å². The van der Waals surface area contributed by atoms with Crippen LogP contribution in [-0.2, 0) is 4.79 Å². The summed E-state index contributed by atoms with van der Waals surface area (Å²) in [5, 5.41) is 3.05. The molecule has 1 amide bonds. The van der Waals surface area contributed by atoms with E-state index in [1.54, 1.807) is 0 Å². The van der Waals surface area contributed by atoms with Crippen molar-refractivity contribution in [3.8, 4) is 11.3 Å². The third-order valence-electron chi connectivity index (χ3n) is 3.93. The van der Waals surface area contributed by atoms with Gasteiger partial charge in [-0.15, -0.1) is 0 Å². The van der Waals surface area contributed by atoms with Gasteiger partial charge in [-0.05, 0) is 31.0 Å². The summed E-state index contributed by atoms with van der Waals surface area (Å²) in [6, 6.07) is 12.1. The van der Waals surface area contributed by atoms with Crippen LogP contribution in [0.2, 0.25) is 0 Å². The first kappa shape index (κ1) is 15.3. The van der Waals surface area contributed by atoms with E-state index >= 15 is 0 Å². The van der Waals surface area contributed by atoms with Crippen LogP contribution < -0.4 is 5.32 Å². The van der Waals surface area contributed by atoms with Gasteiger partial charge in [-0.25, -0.2) is 4.98 Å². The monoisotopic (exact) mass is 307 g/mol. The molecule has 0 unspecified atom stereocenters. The maximum atomic E-state index is 12.3. The van der Waals surface area contributed by atoms with Crippen LogP contribution >= 0.6 is 0 Å². The number of pyridine rings is 1. The lowest BCUT2D eigenvalue weighted by atomic mass is 10.1. The predicted octanol–water partition coefficient (Wildman–Crippen LogP) is 4.21. The number of carbonyl (C=O) groups is 1.